The zero-order valence-electron chi connectivity index (χ0n) is 10.0. The first-order valence-electron chi connectivity index (χ1n) is 5.41. The molecule has 1 aromatic carbocycles. The van der Waals surface area contributed by atoms with Gasteiger partial charge in [-0.2, -0.15) is 18.3 Å². The number of nitrogens with one attached hydrogen (secondary N) is 2. The van der Waals surface area contributed by atoms with Crippen LogP contribution in [0.1, 0.15) is 11.1 Å². The van der Waals surface area contributed by atoms with Crippen molar-refractivity contribution < 1.29 is 13.2 Å². The Morgan fingerprint density at radius 1 is 1.40 bits per heavy atom. The van der Waals surface area contributed by atoms with Crippen LogP contribution in [0, 0.1) is 0 Å². The van der Waals surface area contributed by atoms with E-state index in [2.05, 4.69) is 20.8 Å². The summed E-state index contributed by atoms with van der Waals surface area (Å²) in [5.41, 5.74) is 1.51. The molecule has 0 atom stereocenters. The molecule has 0 saturated carbocycles. The summed E-state index contributed by atoms with van der Waals surface area (Å²) in [6.45, 7) is 1.29. The number of alkyl halides is 3. The van der Waals surface area contributed by atoms with Crippen LogP contribution in [0.25, 0.3) is 0 Å². The van der Waals surface area contributed by atoms with Crippen molar-refractivity contribution in [2.45, 2.75) is 6.18 Å². The third-order valence-corrected chi connectivity index (χ3v) is 2.73. The van der Waals surface area contributed by atoms with E-state index in [1.54, 1.807) is 0 Å². The van der Waals surface area contributed by atoms with Gasteiger partial charge in [-0.05, 0) is 12.1 Å². The minimum atomic E-state index is -4.48. The SMILES string of the molecule is Cl.FC(F)(F)c1cccc(Cl)c1/C=N/NC1=NCCN1. The van der Waals surface area contributed by atoms with E-state index in [1.807, 2.05) is 0 Å². The lowest BCUT2D eigenvalue weighted by atomic mass is 10.1. The molecule has 1 aliphatic heterocycles. The number of hydrazone groups is 1. The first kappa shape index (κ1) is 16.6. The van der Waals surface area contributed by atoms with Gasteiger partial charge in [0.25, 0.3) is 0 Å². The van der Waals surface area contributed by atoms with Crippen molar-refractivity contribution in [1.82, 2.24) is 10.7 Å². The van der Waals surface area contributed by atoms with Gasteiger partial charge in [-0.15, -0.1) is 12.4 Å². The van der Waals surface area contributed by atoms with Gasteiger partial charge in [0, 0.05) is 12.1 Å². The molecule has 0 aromatic heterocycles. The van der Waals surface area contributed by atoms with Crippen molar-refractivity contribution in [3.8, 4) is 0 Å². The Labute approximate surface area is 124 Å². The van der Waals surface area contributed by atoms with Crippen LogP contribution in [0.5, 0.6) is 0 Å². The fourth-order valence-electron chi connectivity index (χ4n) is 1.55. The maximum absolute atomic E-state index is 12.8. The van der Waals surface area contributed by atoms with E-state index in [0.29, 0.717) is 19.0 Å². The van der Waals surface area contributed by atoms with Gasteiger partial charge < -0.3 is 5.32 Å². The summed E-state index contributed by atoms with van der Waals surface area (Å²) < 4.78 is 38.3. The van der Waals surface area contributed by atoms with Crippen LogP contribution in [-0.2, 0) is 6.18 Å². The Hall–Kier alpha value is -1.47. The summed E-state index contributed by atoms with van der Waals surface area (Å²) in [5, 5.41) is 6.57. The zero-order valence-corrected chi connectivity index (χ0v) is 11.6. The lowest BCUT2D eigenvalue weighted by Crippen LogP contribution is -2.30. The molecule has 2 N–H and O–H groups in total. The highest BCUT2D eigenvalue weighted by atomic mass is 35.5. The van der Waals surface area contributed by atoms with Crippen LogP contribution >= 0.6 is 24.0 Å². The van der Waals surface area contributed by atoms with Gasteiger partial charge in [0.1, 0.15) is 0 Å². The molecule has 110 valence electrons. The summed E-state index contributed by atoms with van der Waals surface area (Å²) in [5.74, 6) is 0.428. The summed E-state index contributed by atoms with van der Waals surface area (Å²) in [6, 6.07) is 3.58. The predicted molar refractivity (Wildman–Crippen MR) is 74.7 cm³/mol. The van der Waals surface area contributed by atoms with Crippen molar-refractivity contribution in [1.29, 1.82) is 0 Å². The molecule has 1 aliphatic rings. The van der Waals surface area contributed by atoms with Crippen LogP contribution in [0.3, 0.4) is 0 Å². The summed E-state index contributed by atoms with van der Waals surface area (Å²) in [7, 11) is 0. The maximum Gasteiger partial charge on any atom is 0.417 e. The molecule has 0 spiro atoms. The van der Waals surface area contributed by atoms with Crippen LogP contribution in [-0.4, -0.2) is 25.3 Å². The standard InChI is InChI=1S/C11H10ClF3N4.ClH/c12-9-3-1-2-8(11(13,14)15)7(9)6-18-19-10-16-4-5-17-10;/h1-3,6H,4-5H2,(H2,16,17,19);1H/b18-6+;. The molecule has 0 amide bonds. The molecule has 0 unspecified atom stereocenters. The lowest BCUT2D eigenvalue weighted by molar-refractivity contribution is -0.137. The third-order valence-electron chi connectivity index (χ3n) is 2.40. The van der Waals surface area contributed by atoms with Gasteiger partial charge in [0.05, 0.1) is 23.3 Å². The lowest BCUT2D eigenvalue weighted by Gasteiger charge is -2.11. The first-order valence-corrected chi connectivity index (χ1v) is 5.79. The molecule has 0 saturated heterocycles. The molecule has 20 heavy (non-hydrogen) atoms. The molecule has 0 fully saturated rings. The van der Waals surface area contributed by atoms with Crippen molar-refractivity contribution in [3.63, 3.8) is 0 Å². The number of halogens is 5. The van der Waals surface area contributed by atoms with Crippen molar-refractivity contribution in [2.75, 3.05) is 13.1 Å². The number of nitrogens with zero attached hydrogens (tertiary/aromatic N) is 2. The largest absolute Gasteiger partial charge is 0.417 e. The molecular weight excluding hydrogens is 316 g/mol. The van der Waals surface area contributed by atoms with E-state index < -0.39 is 11.7 Å². The van der Waals surface area contributed by atoms with Gasteiger partial charge in [-0.25, -0.2) is 10.4 Å². The quantitative estimate of drug-likeness (QED) is 0.648. The van der Waals surface area contributed by atoms with Crippen molar-refractivity contribution in [2.24, 2.45) is 10.1 Å². The predicted octanol–water partition coefficient (Wildman–Crippen LogP) is 2.66. The Balaban J connectivity index is 0.00000200. The summed E-state index contributed by atoms with van der Waals surface area (Å²) >= 11 is 5.77. The van der Waals surface area contributed by atoms with Gasteiger partial charge in [-0.3, -0.25) is 0 Å². The number of aliphatic imine (C=N–C) groups is 1. The molecular formula is C11H11Cl2F3N4. The minimum absolute atomic E-state index is 0. The van der Waals surface area contributed by atoms with Crippen LogP contribution in [0.2, 0.25) is 5.02 Å². The van der Waals surface area contributed by atoms with E-state index in [4.69, 9.17) is 11.6 Å². The van der Waals surface area contributed by atoms with E-state index in [9.17, 15) is 13.2 Å². The molecule has 0 bridgehead atoms. The molecule has 1 heterocycles. The van der Waals surface area contributed by atoms with Crippen LogP contribution in [0.4, 0.5) is 13.2 Å². The fraction of sp³-hybridized carbons (Fsp3) is 0.273. The van der Waals surface area contributed by atoms with Crippen LogP contribution < -0.4 is 10.7 Å². The van der Waals surface area contributed by atoms with Gasteiger partial charge >= 0.3 is 6.18 Å². The molecule has 1 aromatic rings. The Kier molecular flexibility index (Phi) is 5.64. The number of hydrogen-bond donors (Lipinski definition) is 2. The number of rotatable bonds is 2. The minimum Gasteiger partial charge on any atom is -0.353 e. The van der Waals surface area contributed by atoms with E-state index in [0.717, 1.165) is 12.3 Å². The van der Waals surface area contributed by atoms with Crippen molar-refractivity contribution >= 4 is 36.2 Å². The molecule has 2 rings (SSSR count). The second-order valence-corrected chi connectivity index (χ2v) is 4.13. The average molecular weight is 327 g/mol. The normalized spacial score (nSPS) is 14.7. The Bertz CT molecular complexity index is 529. The zero-order chi connectivity index (χ0) is 13.9. The van der Waals surface area contributed by atoms with E-state index in [1.165, 1.54) is 12.1 Å². The highest BCUT2D eigenvalue weighted by Gasteiger charge is 2.33. The first-order chi connectivity index (χ1) is 8.98. The van der Waals surface area contributed by atoms with Gasteiger partial charge in [0.15, 0.2) is 0 Å². The highest BCUT2D eigenvalue weighted by Crippen LogP contribution is 2.33. The average Bonchev–Trinajstić information content (AvgIpc) is 2.82. The second kappa shape index (κ2) is 6.81. The smallest absolute Gasteiger partial charge is 0.353 e. The molecule has 0 aliphatic carbocycles. The number of guanidine groups is 1. The van der Waals surface area contributed by atoms with Crippen molar-refractivity contribution in [3.05, 3.63) is 34.3 Å². The van der Waals surface area contributed by atoms with Gasteiger partial charge in [0.2, 0.25) is 5.96 Å². The highest BCUT2D eigenvalue weighted by molar-refractivity contribution is 6.33. The monoisotopic (exact) mass is 326 g/mol. The molecule has 9 heteroatoms. The Morgan fingerprint density at radius 3 is 2.75 bits per heavy atom. The van der Waals surface area contributed by atoms with Crippen LogP contribution in [0.15, 0.2) is 28.3 Å². The van der Waals surface area contributed by atoms with E-state index in [-0.39, 0.29) is 23.0 Å². The Morgan fingerprint density at radius 2 is 2.15 bits per heavy atom. The number of hydrogen-bond acceptors (Lipinski definition) is 4. The molecule has 4 nitrogen and oxygen atoms in total. The van der Waals surface area contributed by atoms with E-state index >= 15 is 0 Å². The maximum atomic E-state index is 12.8. The third kappa shape index (κ3) is 4.01. The fourth-order valence-corrected chi connectivity index (χ4v) is 1.77. The van der Waals surface area contributed by atoms with Gasteiger partial charge in [-0.1, -0.05) is 17.7 Å². The number of benzene rings is 1. The topological polar surface area (TPSA) is 48.8 Å². The molecule has 0 radical (unpaired) electrons. The summed E-state index contributed by atoms with van der Waals surface area (Å²) in [6.07, 6.45) is -3.44. The second-order valence-electron chi connectivity index (χ2n) is 3.73. The summed E-state index contributed by atoms with van der Waals surface area (Å²) in [4.78, 5) is 3.99.